The summed E-state index contributed by atoms with van der Waals surface area (Å²) in [6.45, 7) is 0.229. The summed E-state index contributed by atoms with van der Waals surface area (Å²) in [5.41, 5.74) is 0.511. The second kappa shape index (κ2) is 7.43. The number of amides is 2. The maximum atomic E-state index is 11.6. The van der Waals surface area contributed by atoms with Crippen LogP contribution in [0, 0.1) is 0 Å². The monoisotopic (exact) mass is 292 g/mol. The Morgan fingerprint density at radius 2 is 1.78 bits per heavy atom. The smallest absolute Gasteiger partial charge is 0.319 e. The first-order valence-corrected chi connectivity index (χ1v) is 5.87. The van der Waals surface area contributed by atoms with Crippen molar-refractivity contribution in [2.24, 2.45) is 0 Å². The van der Waals surface area contributed by atoms with Crippen molar-refractivity contribution in [3.05, 3.63) is 28.2 Å². The number of halogens is 2. The third-order valence-corrected chi connectivity index (χ3v) is 2.51. The molecule has 0 heterocycles. The van der Waals surface area contributed by atoms with Gasteiger partial charge in [0.1, 0.15) is 0 Å². The molecule has 0 radical (unpaired) electrons. The Bertz CT molecular complexity index is 391. The molecular formula is C11H14Cl2N2O3. The van der Waals surface area contributed by atoms with Crippen LogP contribution in [0.1, 0.15) is 0 Å². The van der Waals surface area contributed by atoms with E-state index in [2.05, 4.69) is 10.6 Å². The molecule has 18 heavy (non-hydrogen) atoms. The molecule has 0 atom stereocenters. The molecule has 1 aromatic rings. The van der Waals surface area contributed by atoms with Gasteiger partial charge in [-0.3, -0.25) is 0 Å². The molecule has 2 amide bonds. The SMILES string of the molecule is COC(CNC(=O)Nc1cc(Cl)cc(Cl)c1)OC. The number of methoxy groups -OCH3 is 2. The third kappa shape index (κ3) is 5.10. The Balaban J connectivity index is 2.49. The van der Waals surface area contributed by atoms with Gasteiger partial charge in [-0.25, -0.2) is 4.79 Å². The number of urea groups is 1. The molecule has 0 aliphatic carbocycles. The fourth-order valence-electron chi connectivity index (χ4n) is 1.24. The van der Waals surface area contributed by atoms with Crippen LogP contribution < -0.4 is 10.6 Å². The molecule has 0 saturated carbocycles. The van der Waals surface area contributed by atoms with Gasteiger partial charge < -0.3 is 20.1 Å². The van der Waals surface area contributed by atoms with Crippen LogP contribution in [-0.4, -0.2) is 33.1 Å². The Labute approximate surface area is 115 Å². The number of carbonyl (C=O) groups is 1. The van der Waals surface area contributed by atoms with Gasteiger partial charge in [0.2, 0.25) is 0 Å². The fraction of sp³-hybridized carbons (Fsp3) is 0.364. The van der Waals surface area contributed by atoms with Crippen LogP contribution >= 0.6 is 23.2 Å². The topological polar surface area (TPSA) is 59.6 Å². The quantitative estimate of drug-likeness (QED) is 0.821. The van der Waals surface area contributed by atoms with Crippen LogP contribution in [0.4, 0.5) is 10.5 Å². The van der Waals surface area contributed by atoms with Crippen LogP contribution in [0.3, 0.4) is 0 Å². The zero-order chi connectivity index (χ0) is 13.5. The summed E-state index contributed by atoms with van der Waals surface area (Å²) in [4.78, 5) is 11.6. The van der Waals surface area contributed by atoms with E-state index in [1.807, 2.05) is 0 Å². The molecular weight excluding hydrogens is 279 g/mol. The molecule has 0 bridgehead atoms. The number of benzene rings is 1. The highest BCUT2D eigenvalue weighted by Gasteiger charge is 2.08. The van der Waals surface area contributed by atoms with Gasteiger partial charge >= 0.3 is 6.03 Å². The number of carbonyl (C=O) groups excluding carboxylic acids is 1. The van der Waals surface area contributed by atoms with Crippen molar-refractivity contribution in [1.29, 1.82) is 0 Å². The number of ether oxygens (including phenoxy) is 2. The summed E-state index contributed by atoms with van der Waals surface area (Å²) < 4.78 is 9.86. The van der Waals surface area contributed by atoms with Gasteiger partial charge in [-0.1, -0.05) is 23.2 Å². The molecule has 0 spiro atoms. The normalized spacial score (nSPS) is 10.5. The van der Waals surface area contributed by atoms with E-state index in [0.29, 0.717) is 15.7 Å². The van der Waals surface area contributed by atoms with Gasteiger partial charge in [-0.2, -0.15) is 0 Å². The number of hydrogen-bond donors (Lipinski definition) is 2. The highest BCUT2D eigenvalue weighted by Crippen LogP contribution is 2.22. The summed E-state index contributed by atoms with van der Waals surface area (Å²) >= 11 is 11.6. The van der Waals surface area contributed by atoms with Gasteiger partial charge in [0.15, 0.2) is 6.29 Å². The van der Waals surface area contributed by atoms with Gasteiger partial charge in [0.25, 0.3) is 0 Å². The van der Waals surface area contributed by atoms with Gasteiger partial charge in [0.05, 0.1) is 6.54 Å². The number of rotatable bonds is 5. The first-order chi connectivity index (χ1) is 8.55. The van der Waals surface area contributed by atoms with E-state index in [4.69, 9.17) is 32.7 Å². The van der Waals surface area contributed by atoms with Crippen molar-refractivity contribution in [3.8, 4) is 0 Å². The van der Waals surface area contributed by atoms with E-state index in [1.54, 1.807) is 18.2 Å². The second-order valence-electron chi connectivity index (χ2n) is 3.39. The minimum absolute atomic E-state index is 0.229. The van der Waals surface area contributed by atoms with Crippen LogP contribution in [-0.2, 0) is 9.47 Å². The van der Waals surface area contributed by atoms with Gasteiger partial charge in [-0.05, 0) is 18.2 Å². The summed E-state index contributed by atoms with van der Waals surface area (Å²) in [5.74, 6) is 0. The largest absolute Gasteiger partial charge is 0.354 e. The van der Waals surface area contributed by atoms with Crippen molar-refractivity contribution in [3.63, 3.8) is 0 Å². The van der Waals surface area contributed by atoms with E-state index in [0.717, 1.165) is 0 Å². The highest BCUT2D eigenvalue weighted by atomic mass is 35.5. The zero-order valence-electron chi connectivity index (χ0n) is 10.00. The molecule has 2 N–H and O–H groups in total. The maximum absolute atomic E-state index is 11.6. The lowest BCUT2D eigenvalue weighted by Gasteiger charge is -2.14. The predicted molar refractivity (Wildman–Crippen MR) is 71.3 cm³/mol. The summed E-state index contributed by atoms with van der Waals surface area (Å²) in [6, 6.07) is 4.37. The molecule has 1 aromatic carbocycles. The Kier molecular flexibility index (Phi) is 6.21. The standard InChI is InChI=1S/C11H14Cl2N2O3/c1-17-10(18-2)6-14-11(16)15-9-4-7(12)3-8(13)5-9/h3-5,10H,6H2,1-2H3,(H2,14,15,16). The van der Waals surface area contributed by atoms with E-state index in [-0.39, 0.29) is 6.54 Å². The predicted octanol–water partition coefficient (Wildman–Crippen LogP) is 2.73. The average molecular weight is 293 g/mol. The van der Waals surface area contributed by atoms with Crippen LogP contribution in [0.15, 0.2) is 18.2 Å². The molecule has 0 unspecified atom stereocenters. The average Bonchev–Trinajstić information content (AvgIpc) is 2.28. The Morgan fingerprint density at radius 1 is 1.22 bits per heavy atom. The summed E-state index contributed by atoms with van der Waals surface area (Å²) in [5, 5.41) is 6.08. The van der Waals surface area contributed by atoms with Crippen molar-refractivity contribution >= 4 is 34.9 Å². The highest BCUT2D eigenvalue weighted by molar-refractivity contribution is 6.35. The summed E-state index contributed by atoms with van der Waals surface area (Å²) in [6.07, 6.45) is -0.487. The summed E-state index contributed by atoms with van der Waals surface area (Å²) in [7, 11) is 2.98. The van der Waals surface area contributed by atoms with E-state index in [9.17, 15) is 4.79 Å². The maximum Gasteiger partial charge on any atom is 0.319 e. The van der Waals surface area contributed by atoms with Crippen molar-refractivity contribution in [2.45, 2.75) is 6.29 Å². The van der Waals surface area contributed by atoms with Crippen LogP contribution in [0.2, 0.25) is 10.0 Å². The molecule has 5 nitrogen and oxygen atoms in total. The minimum atomic E-state index is -0.487. The molecule has 0 aliphatic heterocycles. The van der Waals surface area contributed by atoms with Crippen molar-refractivity contribution in [2.75, 3.05) is 26.1 Å². The second-order valence-corrected chi connectivity index (χ2v) is 4.27. The molecule has 0 aliphatic rings. The minimum Gasteiger partial charge on any atom is -0.354 e. The number of anilines is 1. The number of nitrogens with one attached hydrogen (secondary N) is 2. The lowest BCUT2D eigenvalue weighted by molar-refractivity contribution is -0.0970. The van der Waals surface area contributed by atoms with Crippen molar-refractivity contribution in [1.82, 2.24) is 5.32 Å². The molecule has 0 fully saturated rings. The molecule has 0 saturated heterocycles. The first-order valence-electron chi connectivity index (χ1n) is 5.11. The molecule has 0 aromatic heterocycles. The Hall–Kier alpha value is -1.01. The molecule has 7 heteroatoms. The number of hydrogen-bond acceptors (Lipinski definition) is 3. The zero-order valence-corrected chi connectivity index (χ0v) is 11.5. The Morgan fingerprint density at radius 3 is 2.28 bits per heavy atom. The first kappa shape index (κ1) is 15.0. The van der Waals surface area contributed by atoms with Crippen LogP contribution in [0.25, 0.3) is 0 Å². The third-order valence-electron chi connectivity index (χ3n) is 2.08. The lowest BCUT2D eigenvalue weighted by Crippen LogP contribution is -2.36. The van der Waals surface area contributed by atoms with Gasteiger partial charge in [0, 0.05) is 30.0 Å². The van der Waals surface area contributed by atoms with E-state index in [1.165, 1.54) is 14.2 Å². The molecule has 1 rings (SSSR count). The fourth-order valence-corrected chi connectivity index (χ4v) is 1.77. The van der Waals surface area contributed by atoms with Crippen LogP contribution in [0.5, 0.6) is 0 Å². The van der Waals surface area contributed by atoms with Gasteiger partial charge in [-0.15, -0.1) is 0 Å². The lowest BCUT2D eigenvalue weighted by atomic mass is 10.3. The molecule has 100 valence electrons. The van der Waals surface area contributed by atoms with E-state index >= 15 is 0 Å². The van der Waals surface area contributed by atoms with E-state index < -0.39 is 12.3 Å². The van der Waals surface area contributed by atoms with Crippen molar-refractivity contribution < 1.29 is 14.3 Å².